The summed E-state index contributed by atoms with van der Waals surface area (Å²) in [5.41, 5.74) is 0. The van der Waals surface area contributed by atoms with Crippen LogP contribution in [0.4, 0.5) is 0 Å². The highest BCUT2D eigenvalue weighted by Gasteiger charge is 2.31. The Bertz CT molecular complexity index is 78.4. The molecule has 1 nitrogen and oxygen atoms in total. The molecule has 46 valence electrons. The third-order valence-electron chi connectivity index (χ3n) is 2.67. The van der Waals surface area contributed by atoms with Crippen LogP contribution in [-0.4, -0.2) is 13.1 Å². The first-order valence-electron chi connectivity index (χ1n) is 3.67. The van der Waals surface area contributed by atoms with Crippen LogP contribution in [0.15, 0.2) is 0 Å². The van der Waals surface area contributed by atoms with Crippen LogP contribution in [0.1, 0.15) is 19.3 Å². The summed E-state index contributed by atoms with van der Waals surface area (Å²) in [5.74, 6) is 2.19. The molecule has 2 aliphatic rings. The molecule has 0 amide bonds. The van der Waals surface area contributed by atoms with E-state index in [0.717, 1.165) is 11.8 Å². The van der Waals surface area contributed by atoms with Gasteiger partial charge in [-0.3, -0.25) is 0 Å². The van der Waals surface area contributed by atoms with E-state index in [9.17, 15) is 0 Å². The van der Waals surface area contributed by atoms with Crippen molar-refractivity contribution in [1.29, 1.82) is 0 Å². The van der Waals surface area contributed by atoms with Gasteiger partial charge in [-0.05, 0) is 44.2 Å². The largest absolute Gasteiger partial charge is 0.316 e. The molecule has 1 heterocycles. The zero-order valence-corrected chi connectivity index (χ0v) is 5.19. The van der Waals surface area contributed by atoms with Gasteiger partial charge in [-0.15, -0.1) is 0 Å². The van der Waals surface area contributed by atoms with Gasteiger partial charge in [0.05, 0.1) is 0 Å². The third kappa shape index (κ3) is 0.576. The first-order chi connectivity index (χ1) is 3.97. The molecule has 8 heavy (non-hydrogen) atoms. The topological polar surface area (TPSA) is 12.0 Å². The number of hydrogen-bond donors (Lipinski definition) is 1. The van der Waals surface area contributed by atoms with Crippen molar-refractivity contribution in [2.45, 2.75) is 19.3 Å². The number of rotatable bonds is 0. The van der Waals surface area contributed by atoms with Crippen LogP contribution in [0.25, 0.3) is 0 Å². The highest BCUT2D eigenvalue weighted by molar-refractivity contribution is 4.85. The van der Waals surface area contributed by atoms with Crippen molar-refractivity contribution in [3.63, 3.8) is 0 Å². The SMILES string of the molecule is C1CC2CC[C@H]2CN1. The van der Waals surface area contributed by atoms with Gasteiger partial charge in [-0.25, -0.2) is 0 Å². The second-order valence-electron chi connectivity index (χ2n) is 3.09. The Morgan fingerprint density at radius 2 is 1.88 bits per heavy atom. The number of hydrogen-bond acceptors (Lipinski definition) is 1. The highest BCUT2D eigenvalue weighted by Crippen LogP contribution is 2.37. The van der Waals surface area contributed by atoms with Gasteiger partial charge in [0.1, 0.15) is 0 Å². The lowest BCUT2D eigenvalue weighted by atomic mass is 9.70. The van der Waals surface area contributed by atoms with E-state index < -0.39 is 0 Å². The smallest absolute Gasteiger partial charge is 0.00179 e. The maximum atomic E-state index is 3.42. The summed E-state index contributed by atoms with van der Waals surface area (Å²) >= 11 is 0. The van der Waals surface area contributed by atoms with E-state index in [-0.39, 0.29) is 0 Å². The normalized spacial score (nSPS) is 45.0. The summed E-state index contributed by atoms with van der Waals surface area (Å²) in [6.07, 6.45) is 4.47. The number of piperidine rings is 1. The molecule has 1 heteroatoms. The van der Waals surface area contributed by atoms with E-state index in [1.54, 1.807) is 0 Å². The van der Waals surface area contributed by atoms with Crippen molar-refractivity contribution in [3.05, 3.63) is 0 Å². The second-order valence-corrected chi connectivity index (χ2v) is 3.09. The minimum absolute atomic E-state index is 1.07. The van der Waals surface area contributed by atoms with Crippen LogP contribution in [0.5, 0.6) is 0 Å². The maximum absolute atomic E-state index is 3.42. The maximum Gasteiger partial charge on any atom is -0.00179 e. The summed E-state index contributed by atoms with van der Waals surface area (Å²) in [6, 6.07) is 0. The zero-order valence-electron chi connectivity index (χ0n) is 5.19. The summed E-state index contributed by atoms with van der Waals surface area (Å²) < 4.78 is 0. The first kappa shape index (κ1) is 4.80. The molecule has 2 atom stereocenters. The van der Waals surface area contributed by atoms with E-state index in [1.807, 2.05) is 0 Å². The lowest BCUT2D eigenvalue weighted by molar-refractivity contribution is 0.130. The van der Waals surface area contributed by atoms with Gasteiger partial charge < -0.3 is 5.32 Å². The molecule has 0 radical (unpaired) electrons. The molecule has 0 spiro atoms. The minimum atomic E-state index is 1.07. The third-order valence-corrected chi connectivity index (χ3v) is 2.67. The van der Waals surface area contributed by atoms with E-state index >= 15 is 0 Å². The fourth-order valence-electron chi connectivity index (χ4n) is 1.86. The van der Waals surface area contributed by atoms with Crippen molar-refractivity contribution in [1.82, 2.24) is 5.32 Å². The van der Waals surface area contributed by atoms with Crippen molar-refractivity contribution in [3.8, 4) is 0 Å². The van der Waals surface area contributed by atoms with Gasteiger partial charge in [0.15, 0.2) is 0 Å². The van der Waals surface area contributed by atoms with Crippen molar-refractivity contribution in [2.24, 2.45) is 11.8 Å². The standard InChI is InChI=1S/C7H13N/c1-2-7-5-8-4-3-6(1)7/h6-8H,1-5H2/t6?,7-/m0/s1. The lowest BCUT2D eigenvalue weighted by Gasteiger charge is -2.40. The van der Waals surface area contributed by atoms with Crippen molar-refractivity contribution in [2.75, 3.05) is 13.1 Å². The van der Waals surface area contributed by atoms with E-state index in [1.165, 1.54) is 32.4 Å². The highest BCUT2D eigenvalue weighted by atomic mass is 14.9. The first-order valence-corrected chi connectivity index (χ1v) is 3.67. The molecule has 2 fully saturated rings. The van der Waals surface area contributed by atoms with Crippen LogP contribution < -0.4 is 5.32 Å². The van der Waals surface area contributed by atoms with E-state index in [4.69, 9.17) is 0 Å². The molecule has 0 aromatic rings. The molecular weight excluding hydrogens is 98.1 g/mol. The predicted octanol–water partition coefficient (Wildman–Crippen LogP) is 1.01. The lowest BCUT2D eigenvalue weighted by Crippen LogP contribution is -2.42. The molecule has 0 bridgehead atoms. The van der Waals surface area contributed by atoms with Gasteiger partial charge in [-0.2, -0.15) is 0 Å². The summed E-state index contributed by atoms with van der Waals surface area (Å²) in [7, 11) is 0. The van der Waals surface area contributed by atoms with Crippen molar-refractivity contribution < 1.29 is 0 Å². The van der Waals surface area contributed by atoms with Gasteiger partial charge in [0, 0.05) is 0 Å². The van der Waals surface area contributed by atoms with Crippen LogP contribution in [0, 0.1) is 11.8 Å². The zero-order chi connectivity index (χ0) is 5.40. The van der Waals surface area contributed by atoms with Crippen LogP contribution in [0.3, 0.4) is 0 Å². The molecular formula is C7H13N. The second kappa shape index (κ2) is 1.73. The van der Waals surface area contributed by atoms with Crippen LogP contribution in [-0.2, 0) is 0 Å². The molecule has 1 saturated carbocycles. The van der Waals surface area contributed by atoms with Crippen LogP contribution in [0.2, 0.25) is 0 Å². The average molecular weight is 111 g/mol. The predicted molar refractivity (Wildman–Crippen MR) is 33.7 cm³/mol. The summed E-state index contributed by atoms with van der Waals surface area (Å²) in [4.78, 5) is 0. The van der Waals surface area contributed by atoms with Gasteiger partial charge in [0.25, 0.3) is 0 Å². The Morgan fingerprint density at radius 1 is 1.00 bits per heavy atom. The minimum Gasteiger partial charge on any atom is -0.316 e. The molecule has 1 aliphatic heterocycles. The van der Waals surface area contributed by atoms with Gasteiger partial charge in [-0.1, -0.05) is 0 Å². The van der Waals surface area contributed by atoms with E-state index in [2.05, 4.69) is 5.32 Å². The quantitative estimate of drug-likeness (QED) is 0.492. The Labute approximate surface area is 50.5 Å². The number of nitrogens with one attached hydrogen (secondary N) is 1. The molecule has 0 aromatic carbocycles. The average Bonchev–Trinajstić information content (AvgIpc) is 1.72. The van der Waals surface area contributed by atoms with Crippen LogP contribution >= 0.6 is 0 Å². The molecule has 0 aromatic heterocycles. The van der Waals surface area contributed by atoms with Gasteiger partial charge in [0.2, 0.25) is 0 Å². The molecule has 1 N–H and O–H groups in total. The molecule has 1 saturated heterocycles. The fourth-order valence-corrected chi connectivity index (χ4v) is 1.86. The Balaban J connectivity index is 1.92. The molecule has 2 rings (SSSR count). The monoisotopic (exact) mass is 111 g/mol. The Kier molecular flexibility index (Phi) is 1.04. The van der Waals surface area contributed by atoms with E-state index in [0.29, 0.717) is 0 Å². The fraction of sp³-hybridized carbons (Fsp3) is 1.00. The Morgan fingerprint density at radius 3 is 2.25 bits per heavy atom. The summed E-state index contributed by atoms with van der Waals surface area (Å²) in [5, 5.41) is 3.42. The number of fused-ring (bicyclic) bond motifs is 1. The van der Waals surface area contributed by atoms with Gasteiger partial charge >= 0.3 is 0 Å². The molecule has 1 aliphatic carbocycles. The molecule has 1 unspecified atom stereocenters. The summed E-state index contributed by atoms with van der Waals surface area (Å²) in [6.45, 7) is 2.59. The Hall–Kier alpha value is -0.0400. The van der Waals surface area contributed by atoms with Crippen molar-refractivity contribution >= 4 is 0 Å².